The fourth-order valence-corrected chi connectivity index (χ4v) is 4.83. The van der Waals surface area contributed by atoms with Crippen LogP contribution in [0.5, 0.6) is 0 Å². The average Bonchev–Trinajstić information content (AvgIpc) is 2.67. The van der Waals surface area contributed by atoms with Gasteiger partial charge in [-0.1, -0.05) is 13.3 Å². The van der Waals surface area contributed by atoms with Gasteiger partial charge in [-0.3, -0.25) is 4.79 Å². The van der Waals surface area contributed by atoms with E-state index in [9.17, 15) is 4.79 Å². The molecule has 3 fully saturated rings. The summed E-state index contributed by atoms with van der Waals surface area (Å²) in [5.74, 6) is 2.58. The summed E-state index contributed by atoms with van der Waals surface area (Å²) >= 11 is 0. The van der Waals surface area contributed by atoms with Crippen molar-refractivity contribution in [3.63, 3.8) is 0 Å². The minimum absolute atomic E-state index is 0. The number of hydrogen-bond donors (Lipinski definition) is 1. The summed E-state index contributed by atoms with van der Waals surface area (Å²) in [4.78, 5) is 14.9. The van der Waals surface area contributed by atoms with E-state index in [-0.39, 0.29) is 18.3 Å². The molecule has 2 N–H and O–H groups in total. The maximum Gasteiger partial charge on any atom is 0.225 e. The summed E-state index contributed by atoms with van der Waals surface area (Å²) in [7, 11) is 0. The molecule has 1 heterocycles. The summed E-state index contributed by atoms with van der Waals surface area (Å²) in [6, 6.07) is 0.811. The lowest BCUT2D eigenvalue weighted by atomic mass is 9.65. The van der Waals surface area contributed by atoms with Crippen LogP contribution in [0.1, 0.15) is 52.4 Å². The van der Waals surface area contributed by atoms with E-state index >= 15 is 0 Å². The highest BCUT2D eigenvalue weighted by molar-refractivity contribution is 5.85. The topological polar surface area (TPSA) is 46.3 Å². The average molecular weight is 301 g/mol. The number of fused-ring (bicyclic) bond motifs is 2. The van der Waals surface area contributed by atoms with Crippen molar-refractivity contribution < 1.29 is 4.79 Å². The molecule has 4 heteroatoms. The van der Waals surface area contributed by atoms with Crippen LogP contribution in [0.15, 0.2) is 0 Å². The SMILES string of the molecule is CC1CC(C)N(C(=O)C2CC3CCCC(C2)C3N)C1.Cl. The molecule has 0 aromatic carbocycles. The second-order valence-electron chi connectivity index (χ2n) is 7.38. The molecule has 20 heavy (non-hydrogen) atoms. The van der Waals surface area contributed by atoms with Gasteiger partial charge in [-0.2, -0.15) is 0 Å². The largest absolute Gasteiger partial charge is 0.339 e. The maximum atomic E-state index is 12.8. The molecule has 2 aliphatic carbocycles. The van der Waals surface area contributed by atoms with E-state index in [0.29, 0.717) is 35.7 Å². The summed E-state index contributed by atoms with van der Waals surface area (Å²) in [6.45, 7) is 5.43. The number of rotatable bonds is 1. The van der Waals surface area contributed by atoms with E-state index in [4.69, 9.17) is 5.73 Å². The predicted octanol–water partition coefficient (Wildman–Crippen LogP) is 2.82. The summed E-state index contributed by atoms with van der Waals surface area (Å²) < 4.78 is 0. The van der Waals surface area contributed by atoms with Gasteiger partial charge in [0.05, 0.1) is 0 Å². The van der Waals surface area contributed by atoms with Crippen molar-refractivity contribution >= 4 is 18.3 Å². The Morgan fingerprint density at radius 2 is 1.70 bits per heavy atom. The Morgan fingerprint density at radius 1 is 1.10 bits per heavy atom. The van der Waals surface area contributed by atoms with Crippen molar-refractivity contribution in [3.05, 3.63) is 0 Å². The molecule has 0 aromatic heterocycles. The van der Waals surface area contributed by atoms with Gasteiger partial charge in [0, 0.05) is 24.5 Å². The van der Waals surface area contributed by atoms with Crippen LogP contribution >= 0.6 is 12.4 Å². The second kappa shape index (κ2) is 6.23. The molecule has 4 unspecified atom stereocenters. The number of hydrogen-bond acceptors (Lipinski definition) is 2. The molecule has 4 atom stereocenters. The van der Waals surface area contributed by atoms with Gasteiger partial charge in [-0.15, -0.1) is 12.4 Å². The minimum atomic E-state index is 0. The van der Waals surface area contributed by atoms with E-state index in [1.54, 1.807) is 0 Å². The van der Waals surface area contributed by atoms with Crippen LogP contribution in [0.3, 0.4) is 0 Å². The third kappa shape index (κ3) is 2.85. The first-order valence-corrected chi connectivity index (χ1v) is 8.12. The highest BCUT2D eigenvalue weighted by Gasteiger charge is 2.43. The van der Waals surface area contributed by atoms with Gasteiger partial charge >= 0.3 is 0 Å². The van der Waals surface area contributed by atoms with Crippen molar-refractivity contribution in [2.75, 3.05) is 6.54 Å². The normalized spacial score (nSPS) is 44.0. The van der Waals surface area contributed by atoms with Crippen molar-refractivity contribution in [1.82, 2.24) is 4.90 Å². The molecule has 116 valence electrons. The van der Waals surface area contributed by atoms with Crippen LogP contribution in [0.4, 0.5) is 0 Å². The van der Waals surface area contributed by atoms with Crippen molar-refractivity contribution in [1.29, 1.82) is 0 Å². The highest BCUT2D eigenvalue weighted by Crippen LogP contribution is 2.43. The van der Waals surface area contributed by atoms with E-state index in [1.165, 1.54) is 25.7 Å². The van der Waals surface area contributed by atoms with Gasteiger partial charge in [-0.05, 0) is 56.8 Å². The zero-order chi connectivity index (χ0) is 13.6. The molecule has 1 amide bonds. The number of carbonyl (C=O) groups is 1. The van der Waals surface area contributed by atoms with Crippen LogP contribution in [-0.4, -0.2) is 29.4 Å². The molecule has 3 nitrogen and oxygen atoms in total. The lowest BCUT2D eigenvalue weighted by Gasteiger charge is -2.44. The first kappa shape index (κ1) is 16.1. The number of carbonyl (C=O) groups excluding carboxylic acids is 1. The van der Waals surface area contributed by atoms with Gasteiger partial charge in [0.1, 0.15) is 0 Å². The van der Waals surface area contributed by atoms with Crippen LogP contribution < -0.4 is 5.73 Å². The standard InChI is InChI=1S/C16H28N2O.ClH/c1-10-6-11(2)18(9-10)16(19)14-7-12-4-3-5-13(8-14)15(12)17;/h10-15H,3-9,17H2,1-2H3;1H. The Bertz CT molecular complexity index is 348. The number of nitrogens with zero attached hydrogens (tertiary/aromatic N) is 1. The van der Waals surface area contributed by atoms with Crippen molar-refractivity contribution in [3.8, 4) is 0 Å². The number of halogens is 1. The molecule has 2 bridgehead atoms. The highest BCUT2D eigenvalue weighted by atomic mass is 35.5. The molecule has 0 aromatic rings. The quantitative estimate of drug-likeness (QED) is 0.809. The molecular weight excluding hydrogens is 272 g/mol. The Kier molecular flexibility index (Phi) is 5.01. The third-order valence-corrected chi connectivity index (χ3v) is 5.83. The van der Waals surface area contributed by atoms with E-state index in [1.807, 2.05) is 0 Å². The molecule has 2 saturated carbocycles. The molecular formula is C16H29ClN2O. The molecule has 1 saturated heterocycles. The Hall–Kier alpha value is -0.280. The fraction of sp³-hybridized carbons (Fsp3) is 0.938. The van der Waals surface area contributed by atoms with Gasteiger partial charge in [0.25, 0.3) is 0 Å². The van der Waals surface area contributed by atoms with E-state index in [0.717, 1.165) is 19.4 Å². The lowest BCUT2D eigenvalue weighted by Crippen LogP contribution is -2.50. The number of nitrogens with two attached hydrogens (primary N) is 1. The Balaban J connectivity index is 0.00000147. The molecule has 0 spiro atoms. The zero-order valence-electron chi connectivity index (χ0n) is 12.8. The maximum absolute atomic E-state index is 12.8. The minimum Gasteiger partial charge on any atom is -0.339 e. The van der Waals surface area contributed by atoms with Gasteiger partial charge in [0.15, 0.2) is 0 Å². The summed E-state index contributed by atoms with van der Waals surface area (Å²) in [5, 5.41) is 0. The lowest BCUT2D eigenvalue weighted by molar-refractivity contribution is -0.139. The van der Waals surface area contributed by atoms with Gasteiger partial charge in [0.2, 0.25) is 5.91 Å². The Morgan fingerprint density at radius 3 is 2.20 bits per heavy atom. The van der Waals surface area contributed by atoms with Crippen LogP contribution in [0, 0.1) is 23.7 Å². The monoisotopic (exact) mass is 300 g/mol. The molecule has 1 aliphatic heterocycles. The van der Waals surface area contributed by atoms with Gasteiger partial charge in [-0.25, -0.2) is 0 Å². The Labute approximate surface area is 129 Å². The molecule has 3 rings (SSSR count). The molecule has 0 radical (unpaired) electrons. The predicted molar refractivity (Wildman–Crippen MR) is 83.7 cm³/mol. The van der Waals surface area contributed by atoms with E-state index in [2.05, 4.69) is 18.7 Å². The van der Waals surface area contributed by atoms with Crippen LogP contribution in [0.2, 0.25) is 0 Å². The smallest absolute Gasteiger partial charge is 0.225 e. The first-order valence-electron chi connectivity index (χ1n) is 8.12. The first-order chi connectivity index (χ1) is 9.06. The summed E-state index contributed by atoms with van der Waals surface area (Å²) in [5.41, 5.74) is 6.32. The second-order valence-corrected chi connectivity index (χ2v) is 7.38. The van der Waals surface area contributed by atoms with Gasteiger partial charge < -0.3 is 10.6 Å². The van der Waals surface area contributed by atoms with Crippen molar-refractivity contribution in [2.24, 2.45) is 29.4 Å². The fourth-order valence-electron chi connectivity index (χ4n) is 4.83. The zero-order valence-corrected chi connectivity index (χ0v) is 13.6. The third-order valence-electron chi connectivity index (χ3n) is 5.83. The van der Waals surface area contributed by atoms with E-state index < -0.39 is 0 Å². The van der Waals surface area contributed by atoms with Crippen molar-refractivity contribution in [2.45, 2.75) is 64.5 Å². The summed E-state index contributed by atoms with van der Waals surface area (Å²) in [6.07, 6.45) is 7.08. The molecule has 3 aliphatic rings. The number of likely N-dealkylation sites (tertiary alicyclic amines) is 1. The number of amides is 1. The van der Waals surface area contributed by atoms with Crippen LogP contribution in [-0.2, 0) is 4.79 Å². The van der Waals surface area contributed by atoms with Crippen LogP contribution in [0.25, 0.3) is 0 Å².